The smallest absolute Gasteiger partial charge is 0.178 e. The van der Waals surface area contributed by atoms with E-state index in [0.717, 1.165) is 33.6 Å². The molecule has 0 aliphatic heterocycles. The molecule has 0 saturated carbocycles. The number of halogens is 1. The molecule has 2 heterocycles. The Hall–Kier alpha value is -3.91. The third-order valence-electron chi connectivity index (χ3n) is 5.28. The number of ether oxygens (including phenoxy) is 1. The molecular weight excluding hydrogens is 426 g/mol. The molecule has 0 aliphatic carbocycles. The van der Waals surface area contributed by atoms with Crippen molar-refractivity contribution in [3.63, 3.8) is 0 Å². The van der Waals surface area contributed by atoms with Crippen molar-refractivity contribution < 1.29 is 4.74 Å². The number of benzene rings is 3. The summed E-state index contributed by atoms with van der Waals surface area (Å²) in [6.45, 7) is 0.439. The van der Waals surface area contributed by atoms with E-state index in [1.165, 1.54) is 0 Å². The first-order valence-corrected chi connectivity index (χ1v) is 10.4. The number of fused-ring (bicyclic) bond motifs is 1. The predicted octanol–water partition coefficient (Wildman–Crippen LogP) is 4.46. The summed E-state index contributed by atoms with van der Waals surface area (Å²) in [6, 6.07) is 21.1. The van der Waals surface area contributed by atoms with Crippen LogP contribution in [-0.2, 0) is 6.54 Å². The molecule has 5 aromatic rings. The van der Waals surface area contributed by atoms with Crippen molar-refractivity contribution in [3.05, 3.63) is 95.0 Å². The van der Waals surface area contributed by atoms with Crippen LogP contribution in [0.5, 0.6) is 5.75 Å². The zero-order valence-electron chi connectivity index (χ0n) is 17.2. The first kappa shape index (κ1) is 20.0. The number of hydrogen-bond acceptors (Lipinski definition) is 6. The molecule has 0 spiro atoms. The fourth-order valence-electron chi connectivity index (χ4n) is 3.70. The molecule has 0 amide bonds. The molecule has 0 fully saturated rings. The minimum atomic E-state index is -0.371. The van der Waals surface area contributed by atoms with Crippen molar-refractivity contribution in [1.82, 2.24) is 30.2 Å². The molecule has 0 aliphatic rings. The first-order chi connectivity index (χ1) is 15.7. The van der Waals surface area contributed by atoms with Crippen LogP contribution < -0.4 is 10.1 Å². The first-order valence-electron chi connectivity index (χ1n) is 10.0. The van der Waals surface area contributed by atoms with Gasteiger partial charge in [0.05, 0.1) is 31.0 Å². The monoisotopic (exact) mass is 445 g/mol. The van der Waals surface area contributed by atoms with Crippen molar-refractivity contribution in [2.24, 2.45) is 0 Å². The van der Waals surface area contributed by atoms with Crippen LogP contribution in [0.25, 0.3) is 11.0 Å². The van der Waals surface area contributed by atoms with Gasteiger partial charge < -0.3 is 15.0 Å². The molecule has 2 aromatic heterocycles. The summed E-state index contributed by atoms with van der Waals surface area (Å²) in [5, 5.41) is 16.8. The highest BCUT2D eigenvalue weighted by molar-refractivity contribution is 6.31. The minimum absolute atomic E-state index is 0.371. The van der Waals surface area contributed by atoms with Crippen molar-refractivity contribution in [1.29, 1.82) is 0 Å². The molecule has 5 rings (SSSR count). The Morgan fingerprint density at radius 2 is 1.94 bits per heavy atom. The molecule has 0 saturated heterocycles. The highest BCUT2D eigenvalue weighted by Gasteiger charge is 2.25. The fourth-order valence-corrected chi connectivity index (χ4v) is 3.89. The van der Waals surface area contributed by atoms with Gasteiger partial charge in [0.25, 0.3) is 0 Å². The second kappa shape index (κ2) is 8.68. The highest BCUT2D eigenvalue weighted by Crippen LogP contribution is 2.32. The second-order valence-corrected chi connectivity index (χ2v) is 7.65. The molecule has 32 heavy (non-hydrogen) atoms. The van der Waals surface area contributed by atoms with Gasteiger partial charge in [-0.3, -0.25) is 0 Å². The van der Waals surface area contributed by atoms with Crippen LogP contribution in [0.1, 0.15) is 23.0 Å². The lowest BCUT2D eigenvalue weighted by Gasteiger charge is -2.22. The van der Waals surface area contributed by atoms with E-state index in [1.807, 2.05) is 66.7 Å². The van der Waals surface area contributed by atoms with Crippen molar-refractivity contribution in [2.75, 3.05) is 12.4 Å². The summed E-state index contributed by atoms with van der Waals surface area (Å²) >= 11 is 6.39. The maximum absolute atomic E-state index is 6.39. The van der Waals surface area contributed by atoms with E-state index in [2.05, 4.69) is 30.8 Å². The molecule has 1 unspecified atom stereocenters. The molecule has 0 radical (unpaired) electrons. The summed E-state index contributed by atoms with van der Waals surface area (Å²) in [5.74, 6) is 1.37. The van der Waals surface area contributed by atoms with Crippen LogP contribution >= 0.6 is 11.6 Å². The van der Waals surface area contributed by atoms with Gasteiger partial charge in [0.1, 0.15) is 11.8 Å². The van der Waals surface area contributed by atoms with Crippen LogP contribution in [0.15, 0.2) is 73.1 Å². The van der Waals surface area contributed by atoms with E-state index in [0.29, 0.717) is 17.4 Å². The molecule has 3 aromatic carbocycles. The van der Waals surface area contributed by atoms with Crippen LogP contribution in [-0.4, -0.2) is 37.3 Å². The van der Waals surface area contributed by atoms with Crippen LogP contribution in [0.3, 0.4) is 0 Å². The molecule has 160 valence electrons. The number of rotatable bonds is 7. The van der Waals surface area contributed by atoms with E-state index in [-0.39, 0.29) is 6.04 Å². The summed E-state index contributed by atoms with van der Waals surface area (Å²) in [5.41, 5.74) is 4.57. The molecule has 9 heteroatoms. The third kappa shape index (κ3) is 3.88. The average molecular weight is 446 g/mol. The van der Waals surface area contributed by atoms with Gasteiger partial charge in [-0.2, -0.15) is 0 Å². The molecule has 1 atom stereocenters. The van der Waals surface area contributed by atoms with E-state index in [9.17, 15) is 0 Å². The Bertz CT molecular complexity index is 1360. The molecular formula is C23H20ClN7O. The number of aromatic nitrogens is 6. The van der Waals surface area contributed by atoms with Crippen molar-refractivity contribution in [2.45, 2.75) is 12.6 Å². The summed E-state index contributed by atoms with van der Waals surface area (Å²) < 4.78 is 7.39. The summed E-state index contributed by atoms with van der Waals surface area (Å²) in [6.07, 6.45) is 1.68. The maximum Gasteiger partial charge on any atom is 0.178 e. The number of nitrogens with one attached hydrogen (secondary N) is 2. The SMILES string of the molecule is COc1ccccc1C(Nc1ccc2nc[nH]c2c1)c1nnnn1Cc1ccccc1Cl. The number of imidazole rings is 1. The van der Waals surface area contributed by atoms with Gasteiger partial charge in [-0.25, -0.2) is 9.67 Å². The van der Waals surface area contributed by atoms with Crippen LogP contribution in [0.4, 0.5) is 5.69 Å². The number of tetrazole rings is 1. The number of anilines is 1. The Morgan fingerprint density at radius 3 is 2.81 bits per heavy atom. The van der Waals surface area contributed by atoms with Gasteiger partial charge >= 0.3 is 0 Å². The number of para-hydroxylation sites is 1. The summed E-state index contributed by atoms with van der Waals surface area (Å²) in [7, 11) is 1.65. The van der Waals surface area contributed by atoms with Crippen LogP contribution in [0, 0.1) is 0 Å². The maximum atomic E-state index is 6.39. The van der Waals surface area contributed by atoms with Gasteiger partial charge in [-0.1, -0.05) is 48.0 Å². The largest absolute Gasteiger partial charge is 0.496 e. The quantitative estimate of drug-likeness (QED) is 0.384. The number of aromatic amines is 1. The second-order valence-electron chi connectivity index (χ2n) is 7.24. The predicted molar refractivity (Wildman–Crippen MR) is 123 cm³/mol. The Kier molecular flexibility index (Phi) is 5.43. The lowest BCUT2D eigenvalue weighted by molar-refractivity contribution is 0.407. The lowest BCUT2D eigenvalue weighted by Crippen LogP contribution is -2.20. The lowest BCUT2D eigenvalue weighted by atomic mass is 10.0. The standard InChI is InChI=1S/C23H20ClN7O/c1-32-21-9-5-3-7-17(21)22(27-16-10-11-19-20(12-16)26-14-25-19)23-28-29-30-31(23)13-15-6-2-4-8-18(15)24/h2-12,14,22,27H,13H2,1H3,(H,25,26). The van der Waals surface area contributed by atoms with Gasteiger partial charge in [0.2, 0.25) is 0 Å². The zero-order chi connectivity index (χ0) is 21.9. The Morgan fingerprint density at radius 1 is 1.09 bits per heavy atom. The van der Waals surface area contributed by atoms with Gasteiger partial charge in [-0.15, -0.1) is 5.10 Å². The fraction of sp³-hybridized carbons (Fsp3) is 0.130. The van der Waals surface area contributed by atoms with E-state index >= 15 is 0 Å². The van der Waals surface area contributed by atoms with E-state index in [4.69, 9.17) is 16.3 Å². The molecule has 0 bridgehead atoms. The van der Waals surface area contributed by atoms with E-state index < -0.39 is 0 Å². The molecule has 2 N–H and O–H groups in total. The average Bonchev–Trinajstić information content (AvgIpc) is 3.48. The third-order valence-corrected chi connectivity index (χ3v) is 5.65. The number of nitrogens with zero attached hydrogens (tertiary/aromatic N) is 5. The van der Waals surface area contributed by atoms with Crippen molar-refractivity contribution >= 4 is 28.3 Å². The van der Waals surface area contributed by atoms with Gasteiger partial charge in [0, 0.05) is 16.3 Å². The van der Waals surface area contributed by atoms with Gasteiger partial charge in [-0.05, 0) is 46.3 Å². The zero-order valence-corrected chi connectivity index (χ0v) is 18.0. The summed E-state index contributed by atoms with van der Waals surface area (Å²) in [4.78, 5) is 7.44. The highest BCUT2D eigenvalue weighted by atomic mass is 35.5. The van der Waals surface area contributed by atoms with Crippen molar-refractivity contribution in [3.8, 4) is 5.75 Å². The number of methoxy groups -OCH3 is 1. The Labute approximate surface area is 189 Å². The number of H-pyrrole nitrogens is 1. The normalized spacial score (nSPS) is 12.1. The van der Waals surface area contributed by atoms with Gasteiger partial charge in [0.15, 0.2) is 5.82 Å². The number of hydrogen-bond donors (Lipinski definition) is 2. The minimum Gasteiger partial charge on any atom is -0.496 e. The molecule has 8 nitrogen and oxygen atoms in total. The Balaban J connectivity index is 1.57. The van der Waals surface area contributed by atoms with E-state index in [1.54, 1.807) is 18.1 Å². The van der Waals surface area contributed by atoms with Crippen LogP contribution in [0.2, 0.25) is 5.02 Å². The topological polar surface area (TPSA) is 93.5 Å².